The van der Waals surface area contributed by atoms with E-state index in [1.54, 1.807) is 18.5 Å². The zero-order chi connectivity index (χ0) is 24.1. The van der Waals surface area contributed by atoms with Crippen molar-refractivity contribution in [3.05, 3.63) is 66.1 Å². The number of carbonyl (C=O) groups excluding carboxylic acids is 1. The number of nitrogens with zero attached hydrogens (tertiary/aromatic N) is 6. The number of aromatic nitrogens is 2. The molecule has 8 heteroatoms. The summed E-state index contributed by atoms with van der Waals surface area (Å²) in [5, 5.41) is 4.87. The van der Waals surface area contributed by atoms with Crippen LogP contribution in [0, 0.1) is 0 Å². The number of pyridine rings is 2. The molecule has 2 aromatic heterocycles. The summed E-state index contributed by atoms with van der Waals surface area (Å²) in [5.74, 6) is 1.12. The Kier molecular flexibility index (Phi) is 7.18. The number of hydrogen-bond donors (Lipinski definition) is 1. The molecule has 8 nitrogen and oxygen atoms in total. The van der Waals surface area contributed by atoms with E-state index >= 15 is 0 Å². The van der Waals surface area contributed by atoms with Crippen LogP contribution in [0.1, 0.15) is 22.3 Å². The van der Waals surface area contributed by atoms with Crippen LogP contribution in [0.25, 0.3) is 16.5 Å². The molecule has 0 spiro atoms. The summed E-state index contributed by atoms with van der Waals surface area (Å²) in [6.45, 7) is 7.56. The molecule has 1 amide bonds. The topological polar surface area (TPSA) is 77.0 Å². The Morgan fingerprint density at radius 2 is 1.91 bits per heavy atom. The van der Waals surface area contributed by atoms with Gasteiger partial charge in [-0.2, -0.15) is 0 Å². The second-order valence-electron chi connectivity index (χ2n) is 8.77. The highest BCUT2D eigenvalue weighted by atomic mass is 16.1. The van der Waals surface area contributed by atoms with Crippen molar-refractivity contribution in [1.29, 1.82) is 0 Å². The third kappa shape index (κ3) is 5.58. The van der Waals surface area contributed by atoms with Crippen LogP contribution in [0.5, 0.6) is 0 Å². The van der Waals surface area contributed by atoms with Crippen LogP contribution < -0.4 is 10.2 Å². The maximum atomic E-state index is 13.0. The average molecular weight is 458 g/mol. The molecule has 176 valence electrons. The summed E-state index contributed by atoms with van der Waals surface area (Å²) >= 11 is 0. The van der Waals surface area contributed by atoms with Crippen molar-refractivity contribution >= 4 is 40.7 Å². The number of carbonyl (C=O) groups is 1. The largest absolute Gasteiger partial charge is 0.382 e. The Morgan fingerprint density at radius 3 is 2.71 bits per heavy atom. The molecular weight excluding hydrogens is 426 g/mol. The summed E-state index contributed by atoms with van der Waals surface area (Å²) in [4.78, 5) is 32.6. The summed E-state index contributed by atoms with van der Waals surface area (Å²) in [6.07, 6.45) is 6.45. The zero-order valence-electron chi connectivity index (χ0n) is 20.0. The van der Waals surface area contributed by atoms with Gasteiger partial charge >= 0.3 is 0 Å². The second-order valence-corrected chi connectivity index (χ2v) is 8.77. The standard InChI is InChI=1S/C26H31N7O/c1-27-23(18-31(2)3)19-6-7-21-17-29-24(15-22(21)14-19)30-26(34)20-8-9-28-25(16-20)33-11-5-10-32(4)12-13-33/h6-9,14-18H,1,5,10-13H2,2-4H3,(H,29,30,34)/b23-18-. The quantitative estimate of drug-likeness (QED) is 0.570. The highest BCUT2D eigenvalue weighted by molar-refractivity contribution is 6.05. The molecule has 1 aliphatic heterocycles. The van der Waals surface area contributed by atoms with Crippen LogP contribution in [0.4, 0.5) is 11.6 Å². The summed E-state index contributed by atoms with van der Waals surface area (Å²) in [7, 11) is 6.02. The molecule has 1 fully saturated rings. The van der Waals surface area contributed by atoms with E-state index in [-0.39, 0.29) is 5.91 Å². The molecule has 34 heavy (non-hydrogen) atoms. The van der Waals surface area contributed by atoms with Gasteiger partial charge in [0.1, 0.15) is 11.6 Å². The molecule has 1 saturated heterocycles. The number of nitrogens with one attached hydrogen (secondary N) is 1. The number of aliphatic imine (C=N–C) groups is 1. The van der Waals surface area contributed by atoms with Crippen LogP contribution >= 0.6 is 0 Å². The highest BCUT2D eigenvalue weighted by Crippen LogP contribution is 2.24. The highest BCUT2D eigenvalue weighted by Gasteiger charge is 2.16. The molecule has 1 N–H and O–H groups in total. The van der Waals surface area contributed by atoms with Crippen LogP contribution in [0.15, 0.2) is 60.0 Å². The number of likely N-dealkylation sites (N-methyl/N-ethyl adjacent to an activating group) is 1. The van der Waals surface area contributed by atoms with E-state index in [1.807, 2.05) is 55.5 Å². The Bertz CT molecular complexity index is 1220. The molecule has 3 aromatic rings. The van der Waals surface area contributed by atoms with Crippen LogP contribution in [-0.4, -0.2) is 79.7 Å². The third-order valence-corrected chi connectivity index (χ3v) is 5.86. The summed E-state index contributed by atoms with van der Waals surface area (Å²) in [6, 6.07) is 11.5. The molecule has 0 unspecified atom stereocenters. The molecular formula is C26H31N7O. The Balaban J connectivity index is 1.54. The van der Waals surface area contributed by atoms with Gasteiger partial charge in [0.25, 0.3) is 5.91 Å². The molecule has 0 atom stereocenters. The van der Waals surface area contributed by atoms with E-state index in [9.17, 15) is 4.79 Å². The first-order valence-electron chi connectivity index (χ1n) is 11.4. The zero-order valence-corrected chi connectivity index (χ0v) is 20.0. The lowest BCUT2D eigenvalue weighted by Gasteiger charge is -2.21. The van der Waals surface area contributed by atoms with E-state index in [1.165, 1.54) is 0 Å². The Labute approximate surface area is 200 Å². The van der Waals surface area contributed by atoms with Gasteiger partial charge in [0.15, 0.2) is 0 Å². The van der Waals surface area contributed by atoms with E-state index in [0.717, 1.165) is 60.5 Å². The number of rotatable bonds is 6. The third-order valence-electron chi connectivity index (χ3n) is 5.86. The van der Waals surface area contributed by atoms with E-state index in [2.05, 4.69) is 43.8 Å². The van der Waals surface area contributed by atoms with Crippen molar-refractivity contribution < 1.29 is 4.79 Å². The Morgan fingerprint density at radius 1 is 1.06 bits per heavy atom. The lowest BCUT2D eigenvalue weighted by Crippen LogP contribution is -2.29. The molecule has 4 rings (SSSR count). The van der Waals surface area contributed by atoms with Gasteiger partial charge in [0.05, 0.1) is 5.70 Å². The van der Waals surface area contributed by atoms with Gasteiger partial charge in [-0.15, -0.1) is 0 Å². The van der Waals surface area contributed by atoms with Crippen molar-refractivity contribution in [2.45, 2.75) is 6.42 Å². The molecule has 0 saturated carbocycles. The number of anilines is 2. The number of hydrogen-bond acceptors (Lipinski definition) is 7. The van der Waals surface area contributed by atoms with Gasteiger partial charge in [0.2, 0.25) is 0 Å². The summed E-state index contributed by atoms with van der Waals surface area (Å²) in [5.41, 5.74) is 2.28. The smallest absolute Gasteiger partial charge is 0.257 e. The maximum Gasteiger partial charge on any atom is 0.257 e. The maximum absolute atomic E-state index is 13.0. The summed E-state index contributed by atoms with van der Waals surface area (Å²) < 4.78 is 0. The van der Waals surface area contributed by atoms with Gasteiger partial charge in [-0.1, -0.05) is 12.1 Å². The van der Waals surface area contributed by atoms with Crippen LogP contribution in [-0.2, 0) is 0 Å². The van der Waals surface area contributed by atoms with Crippen molar-refractivity contribution in [1.82, 2.24) is 19.8 Å². The first kappa shape index (κ1) is 23.4. The number of amides is 1. The monoisotopic (exact) mass is 457 g/mol. The van der Waals surface area contributed by atoms with E-state index in [4.69, 9.17) is 0 Å². The van der Waals surface area contributed by atoms with Gasteiger partial charge in [0, 0.05) is 68.8 Å². The molecule has 1 aromatic carbocycles. The SMILES string of the molecule is C=N/C(=C\N(C)C)c1ccc2cnc(NC(=O)c3ccnc(N4CCCN(C)CC4)c3)cc2c1. The van der Waals surface area contributed by atoms with Crippen molar-refractivity contribution in [3.63, 3.8) is 0 Å². The first-order valence-corrected chi connectivity index (χ1v) is 11.4. The van der Waals surface area contributed by atoms with Crippen molar-refractivity contribution in [2.75, 3.05) is 57.5 Å². The molecule has 0 bridgehead atoms. The van der Waals surface area contributed by atoms with Crippen molar-refractivity contribution in [2.24, 2.45) is 4.99 Å². The fourth-order valence-corrected chi connectivity index (χ4v) is 4.02. The van der Waals surface area contributed by atoms with Gasteiger partial charge < -0.3 is 20.0 Å². The van der Waals surface area contributed by atoms with E-state index < -0.39 is 0 Å². The van der Waals surface area contributed by atoms with Crippen LogP contribution in [0.3, 0.4) is 0 Å². The van der Waals surface area contributed by atoms with Crippen LogP contribution in [0.2, 0.25) is 0 Å². The average Bonchev–Trinajstić information content (AvgIpc) is 3.06. The van der Waals surface area contributed by atoms with Gasteiger partial charge in [-0.25, -0.2) is 9.97 Å². The minimum Gasteiger partial charge on any atom is -0.382 e. The van der Waals surface area contributed by atoms with Crippen molar-refractivity contribution in [3.8, 4) is 0 Å². The van der Waals surface area contributed by atoms with Gasteiger partial charge in [-0.3, -0.25) is 9.79 Å². The molecule has 1 aliphatic rings. The molecule has 0 radical (unpaired) electrons. The lowest BCUT2D eigenvalue weighted by atomic mass is 10.1. The van der Waals surface area contributed by atoms with E-state index in [0.29, 0.717) is 11.4 Å². The predicted molar refractivity (Wildman–Crippen MR) is 139 cm³/mol. The minimum atomic E-state index is -0.209. The Hall–Kier alpha value is -3.78. The molecule has 3 heterocycles. The van der Waals surface area contributed by atoms with Gasteiger partial charge in [-0.05, 0) is 56.4 Å². The normalized spacial score (nSPS) is 15.1. The number of benzene rings is 1. The number of fused-ring (bicyclic) bond motifs is 1. The predicted octanol–water partition coefficient (Wildman–Crippen LogP) is 3.58. The first-order chi connectivity index (χ1) is 16.4. The lowest BCUT2D eigenvalue weighted by molar-refractivity contribution is 0.102. The molecule has 0 aliphatic carbocycles. The minimum absolute atomic E-state index is 0.209. The fourth-order valence-electron chi connectivity index (χ4n) is 4.02. The fraction of sp³-hybridized carbons (Fsp3) is 0.308. The second kappa shape index (κ2) is 10.4.